The first-order chi connectivity index (χ1) is 13.2. The number of nitrogens with one attached hydrogen (secondary N) is 1. The molecule has 28 heavy (non-hydrogen) atoms. The normalized spacial score (nSPS) is 16.1. The predicted octanol–water partition coefficient (Wildman–Crippen LogP) is 3.10. The van der Waals surface area contributed by atoms with Gasteiger partial charge in [-0.2, -0.15) is 4.31 Å². The van der Waals surface area contributed by atoms with Gasteiger partial charge in [0.1, 0.15) is 11.9 Å². The number of benzene rings is 2. The molecule has 0 bridgehead atoms. The summed E-state index contributed by atoms with van der Waals surface area (Å²) in [6.45, 7) is 3.86. The van der Waals surface area contributed by atoms with Crippen molar-refractivity contribution in [3.8, 4) is 5.75 Å². The molecule has 0 saturated carbocycles. The van der Waals surface area contributed by atoms with E-state index in [1.165, 1.54) is 29.6 Å². The number of hydrogen-bond donors (Lipinski definition) is 1. The molecule has 0 saturated heterocycles. The Kier molecular flexibility index (Phi) is 5.98. The Morgan fingerprint density at radius 1 is 1.29 bits per heavy atom. The van der Waals surface area contributed by atoms with Crippen molar-refractivity contribution in [2.45, 2.75) is 37.3 Å². The summed E-state index contributed by atoms with van der Waals surface area (Å²) >= 11 is 6.15. The molecule has 1 aliphatic rings. The third-order valence-corrected chi connectivity index (χ3v) is 7.15. The van der Waals surface area contributed by atoms with Crippen LogP contribution >= 0.6 is 11.6 Å². The lowest BCUT2D eigenvalue weighted by molar-refractivity contribution is 0.0933. The highest BCUT2D eigenvalue weighted by Crippen LogP contribution is 2.28. The highest BCUT2D eigenvalue weighted by Gasteiger charge is 2.26. The third-order valence-electron chi connectivity index (χ3n) is 4.79. The molecule has 0 spiro atoms. The molecule has 0 fully saturated rings. The van der Waals surface area contributed by atoms with Crippen LogP contribution in [0.4, 0.5) is 0 Å². The largest absolute Gasteiger partial charge is 0.488 e. The summed E-state index contributed by atoms with van der Waals surface area (Å²) in [5.41, 5.74) is 1.22. The van der Waals surface area contributed by atoms with Crippen molar-refractivity contribution in [2.24, 2.45) is 0 Å². The van der Waals surface area contributed by atoms with E-state index in [4.69, 9.17) is 16.3 Å². The highest BCUT2D eigenvalue weighted by molar-refractivity contribution is 7.89. The molecule has 0 aliphatic carbocycles. The molecule has 2 aromatic rings. The molecule has 1 atom stereocenters. The molecule has 6 nitrogen and oxygen atoms in total. The molecule has 1 N–H and O–H groups in total. The number of ether oxygens (including phenoxy) is 1. The van der Waals surface area contributed by atoms with Crippen molar-refractivity contribution < 1.29 is 17.9 Å². The standard InChI is InChI=1S/C20H23ClN2O4S/c1-13(2)23(3)28(25,26)16-8-9-18(21)17(11-16)20(24)22-12-15-10-14-6-4-5-7-19(14)27-15/h4-9,11,13,15H,10,12H2,1-3H3,(H,22,24). The number of rotatable bonds is 6. The Hall–Kier alpha value is -2.09. The number of para-hydroxylation sites is 1. The zero-order valence-electron chi connectivity index (χ0n) is 16.0. The van der Waals surface area contributed by atoms with Gasteiger partial charge in [0.2, 0.25) is 10.0 Å². The van der Waals surface area contributed by atoms with Gasteiger partial charge in [0, 0.05) is 19.5 Å². The number of hydrogen-bond acceptors (Lipinski definition) is 4. The first-order valence-corrected chi connectivity index (χ1v) is 10.8. The second-order valence-corrected chi connectivity index (χ2v) is 9.42. The quantitative estimate of drug-likeness (QED) is 0.776. The van der Waals surface area contributed by atoms with Crippen molar-refractivity contribution in [1.29, 1.82) is 0 Å². The smallest absolute Gasteiger partial charge is 0.252 e. The lowest BCUT2D eigenvalue weighted by Gasteiger charge is -2.21. The van der Waals surface area contributed by atoms with E-state index < -0.39 is 15.9 Å². The lowest BCUT2D eigenvalue weighted by atomic mass is 10.1. The molecule has 1 heterocycles. The van der Waals surface area contributed by atoms with Crippen LogP contribution in [0.3, 0.4) is 0 Å². The van der Waals surface area contributed by atoms with Gasteiger partial charge in [-0.15, -0.1) is 0 Å². The van der Waals surface area contributed by atoms with Crippen molar-refractivity contribution in [3.63, 3.8) is 0 Å². The van der Waals surface area contributed by atoms with Gasteiger partial charge in [0.15, 0.2) is 0 Å². The maximum absolute atomic E-state index is 12.7. The summed E-state index contributed by atoms with van der Waals surface area (Å²) in [5.74, 6) is 0.387. The lowest BCUT2D eigenvalue weighted by Crippen LogP contribution is -2.35. The predicted molar refractivity (Wildman–Crippen MR) is 108 cm³/mol. The zero-order valence-corrected chi connectivity index (χ0v) is 17.5. The number of sulfonamides is 1. The number of carbonyl (C=O) groups excluding carboxylic acids is 1. The van der Waals surface area contributed by atoms with Gasteiger partial charge in [-0.05, 0) is 43.7 Å². The van der Waals surface area contributed by atoms with Gasteiger partial charge in [0.25, 0.3) is 5.91 Å². The fourth-order valence-corrected chi connectivity index (χ4v) is 4.55. The molecule has 1 amide bonds. The van der Waals surface area contributed by atoms with Crippen LogP contribution in [0.25, 0.3) is 0 Å². The first-order valence-electron chi connectivity index (χ1n) is 9.00. The van der Waals surface area contributed by atoms with E-state index in [2.05, 4.69) is 5.32 Å². The van der Waals surface area contributed by atoms with Gasteiger partial charge in [0.05, 0.1) is 22.0 Å². The van der Waals surface area contributed by atoms with E-state index in [0.29, 0.717) is 13.0 Å². The van der Waals surface area contributed by atoms with Gasteiger partial charge < -0.3 is 10.1 Å². The summed E-state index contributed by atoms with van der Waals surface area (Å²) in [6.07, 6.45) is 0.539. The Morgan fingerprint density at radius 3 is 2.68 bits per heavy atom. The molecule has 8 heteroatoms. The average molecular weight is 423 g/mol. The van der Waals surface area contributed by atoms with Crippen LogP contribution in [-0.4, -0.2) is 44.4 Å². The molecular weight excluding hydrogens is 400 g/mol. The fourth-order valence-electron chi connectivity index (χ4n) is 2.95. The van der Waals surface area contributed by atoms with Crippen LogP contribution in [0.2, 0.25) is 5.02 Å². The minimum atomic E-state index is -3.71. The maximum atomic E-state index is 12.7. The van der Waals surface area contributed by atoms with Crippen molar-refractivity contribution in [3.05, 3.63) is 58.6 Å². The van der Waals surface area contributed by atoms with E-state index in [1.807, 2.05) is 24.3 Å². The topological polar surface area (TPSA) is 75.7 Å². The first kappa shape index (κ1) is 20.6. The van der Waals surface area contributed by atoms with Crippen molar-refractivity contribution in [1.82, 2.24) is 9.62 Å². The maximum Gasteiger partial charge on any atom is 0.252 e. The molecule has 0 radical (unpaired) electrons. The summed E-state index contributed by atoms with van der Waals surface area (Å²) in [4.78, 5) is 12.6. The molecule has 0 aromatic heterocycles. The van der Waals surface area contributed by atoms with Crippen LogP contribution < -0.4 is 10.1 Å². The Labute approximate surface area is 170 Å². The Bertz CT molecular complexity index is 966. The molecule has 3 rings (SSSR count). The number of amides is 1. The van der Waals surface area contributed by atoms with E-state index >= 15 is 0 Å². The molecule has 1 unspecified atom stereocenters. The van der Waals surface area contributed by atoms with Crippen molar-refractivity contribution in [2.75, 3.05) is 13.6 Å². The van der Waals surface area contributed by atoms with Gasteiger partial charge in [-0.3, -0.25) is 4.79 Å². The van der Waals surface area contributed by atoms with Crippen LogP contribution in [-0.2, 0) is 16.4 Å². The highest BCUT2D eigenvalue weighted by atomic mass is 35.5. The van der Waals surface area contributed by atoms with Crippen LogP contribution in [0.5, 0.6) is 5.75 Å². The SMILES string of the molecule is CC(C)N(C)S(=O)(=O)c1ccc(Cl)c(C(=O)NCC2Cc3ccccc3O2)c1. The molecule has 150 valence electrons. The molecular formula is C20H23ClN2O4S. The second kappa shape index (κ2) is 8.11. The summed E-state index contributed by atoms with van der Waals surface area (Å²) in [5, 5.41) is 2.98. The number of halogens is 1. The minimum absolute atomic E-state index is 0.0303. The molecule has 1 aliphatic heterocycles. The average Bonchev–Trinajstić information content (AvgIpc) is 3.08. The summed E-state index contributed by atoms with van der Waals surface area (Å²) < 4.78 is 32.4. The van der Waals surface area contributed by atoms with Crippen LogP contribution in [0, 0.1) is 0 Å². The summed E-state index contributed by atoms with van der Waals surface area (Å²) in [6, 6.07) is 11.7. The van der Waals surface area contributed by atoms with Crippen molar-refractivity contribution >= 4 is 27.5 Å². The monoisotopic (exact) mass is 422 g/mol. The van der Waals surface area contributed by atoms with Crippen LogP contribution in [0.15, 0.2) is 47.4 Å². The van der Waals surface area contributed by atoms with Crippen LogP contribution in [0.1, 0.15) is 29.8 Å². The van der Waals surface area contributed by atoms with E-state index in [-0.39, 0.29) is 27.6 Å². The molecule has 2 aromatic carbocycles. The van der Waals surface area contributed by atoms with E-state index in [9.17, 15) is 13.2 Å². The summed E-state index contributed by atoms with van der Waals surface area (Å²) in [7, 11) is -2.20. The fraction of sp³-hybridized carbons (Fsp3) is 0.350. The Morgan fingerprint density at radius 2 is 2.00 bits per heavy atom. The number of fused-ring (bicyclic) bond motifs is 1. The van der Waals surface area contributed by atoms with Gasteiger partial charge in [-0.25, -0.2) is 8.42 Å². The van der Waals surface area contributed by atoms with Gasteiger partial charge in [-0.1, -0.05) is 29.8 Å². The third kappa shape index (κ3) is 4.16. The minimum Gasteiger partial charge on any atom is -0.488 e. The number of nitrogens with zero attached hydrogens (tertiary/aromatic N) is 1. The number of carbonyl (C=O) groups is 1. The Balaban J connectivity index is 1.72. The van der Waals surface area contributed by atoms with Gasteiger partial charge >= 0.3 is 0 Å². The van der Waals surface area contributed by atoms with E-state index in [1.54, 1.807) is 13.8 Å². The zero-order chi connectivity index (χ0) is 20.5. The second-order valence-electron chi connectivity index (χ2n) is 7.02. The van der Waals surface area contributed by atoms with E-state index in [0.717, 1.165) is 11.3 Å².